The fraction of sp³-hybridized carbons (Fsp3) is 0.519. The van der Waals surface area contributed by atoms with E-state index in [9.17, 15) is 4.79 Å². The van der Waals surface area contributed by atoms with E-state index in [1.54, 1.807) is 7.11 Å². The number of methoxy groups -OCH3 is 1. The molecule has 2 fully saturated rings. The Kier molecular flexibility index (Phi) is 7.43. The van der Waals surface area contributed by atoms with Gasteiger partial charge in [0, 0.05) is 43.6 Å². The Bertz CT molecular complexity index is 945. The number of urea groups is 1. The van der Waals surface area contributed by atoms with Gasteiger partial charge in [0.2, 0.25) is 0 Å². The molecule has 178 valence electrons. The fourth-order valence-electron chi connectivity index (χ4n) is 5.13. The van der Waals surface area contributed by atoms with Gasteiger partial charge in [0.15, 0.2) is 0 Å². The minimum absolute atomic E-state index is 0.0230. The van der Waals surface area contributed by atoms with Gasteiger partial charge in [-0.3, -0.25) is 0 Å². The zero-order valence-electron chi connectivity index (χ0n) is 20.5. The Morgan fingerprint density at radius 3 is 2.33 bits per heavy atom. The van der Waals surface area contributed by atoms with E-state index in [0.29, 0.717) is 12.0 Å². The van der Waals surface area contributed by atoms with Crippen molar-refractivity contribution in [1.29, 1.82) is 0 Å². The molecule has 0 aromatic heterocycles. The number of nitrogens with zero attached hydrogens (tertiary/aromatic N) is 3. The van der Waals surface area contributed by atoms with Crippen LogP contribution in [0.15, 0.2) is 42.5 Å². The summed E-state index contributed by atoms with van der Waals surface area (Å²) in [4.78, 5) is 19.8. The second kappa shape index (κ2) is 10.5. The lowest BCUT2D eigenvalue weighted by molar-refractivity contribution is 0.171. The molecule has 6 nitrogen and oxygen atoms in total. The van der Waals surface area contributed by atoms with E-state index in [1.807, 2.05) is 17.0 Å². The van der Waals surface area contributed by atoms with Crippen molar-refractivity contribution in [2.45, 2.75) is 45.6 Å². The summed E-state index contributed by atoms with van der Waals surface area (Å²) in [6.45, 7) is 12.0. The Hall–Kier alpha value is -2.73. The molecule has 33 heavy (non-hydrogen) atoms. The van der Waals surface area contributed by atoms with Crippen LogP contribution in [0.25, 0.3) is 0 Å². The summed E-state index contributed by atoms with van der Waals surface area (Å²) >= 11 is 0. The highest BCUT2D eigenvalue weighted by Gasteiger charge is 2.26. The highest BCUT2D eigenvalue weighted by molar-refractivity contribution is 5.89. The molecular weight excluding hydrogens is 412 g/mol. The van der Waals surface area contributed by atoms with Crippen LogP contribution in [0.5, 0.6) is 5.75 Å². The third kappa shape index (κ3) is 5.44. The van der Waals surface area contributed by atoms with Crippen LogP contribution in [0, 0.1) is 6.92 Å². The smallest absolute Gasteiger partial charge is 0.321 e. The van der Waals surface area contributed by atoms with E-state index in [0.717, 1.165) is 63.5 Å². The quantitative estimate of drug-likeness (QED) is 0.701. The van der Waals surface area contributed by atoms with Gasteiger partial charge in [0.1, 0.15) is 5.75 Å². The second-order valence-corrected chi connectivity index (χ2v) is 9.55. The van der Waals surface area contributed by atoms with Crippen molar-refractivity contribution in [3.05, 3.63) is 53.6 Å². The van der Waals surface area contributed by atoms with Gasteiger partial charge in [-0.1, -0.05) is 18.2 Å². The van der Waals surface area contributed by atoms with Crippen LogP contribution < -0.4 is 15.0 Å². The molecule has 0 radical (unpaired) electrons. The van der Waals surface area contributed by atoms with Crippen molar-refractivity contribution in [2.75, 3.05) is 56.6 Å². The highest BCUT2D eigenvalue weighted by atomic mass is 16.5. The maximum absolute atomic E-state index is 13.0. The molecular formula is C27H38N4O2. The number of carbonyl (C=O) groups excluding carboxylic acids is 1. The molecule has 0 aliphatic carbocycles. The Morgan fingerprint density at radius 2 is 1.70 bits per heavy atom. The Labute approximate surface area is 198 Å². The molecule has 2 aromatic carbocycles. The molecule has 4 rings (SSSR count). The minimum Gasteiger partial charge on any atom is -0.496 e. The lowest BCUT2D eigenvalue weighted by Gasteiger charge is -2.37. The largest absolute Gasteiger partial charge is 0.496 e. The lowest BCUT2D eigenvalue weighted by atomic mass is 9.88. The molecule has 0 spiro atoms. The summed E-state index contributed by atoms with van der Waals surface area (Å²) in [5, 5.41) is 3.14. The summed E-state index contributed by atoms with van der Waals surface area (Å²) in [5.41, 5.74) is 4.60. The first-order valence-electron chi connectivity index (χ1n) is 12.2. The van der Waals surface area contributed by atoms with Gasteiger partial charge in [-0.15, -0.1) is 0 Å². The first-order valence-corrected chi connectivity index (χ1v) is 12.2. The number of anilines is 2. The van der Waals surface area contributed by atoms with E-state index in [1.165, 1.54) is 16.8 Å². The Morgan fingerprint density at radius 1 is 1.00 bits per heavy atom. The van der Waals surface area contributed by atoms with Crippen LogP contribution in [0.1, 0.15) is 43.7 Å². The molecule has 2 heterocycles. The second-order valence-electron chi connectivity index (χ2n) is 9.55. The maximum Gasteiger partial charge on any atom is 0.321 e. The van der Waals surface area contributed by atoms with E-state index >= 15 is 0 Å². The SMILES string of the molecule is COc1ccc(NC(=O)N2CCN(c3ccccc3C)CC2)cc1C1CCN(C(C)C)CC1. The zero-order valence-corrected chi connectivity index (χ0v) is 20.5. The fourth-order valence-corrected chi connectivity index (χ4v) is 5.13. The first kappa shape index (κ1) is 23.4. The Balaban J connectivity index is 1.37. The topological polar surface area (TPSA) is 48.1 Å². The molecule has 6 heteroatoms. The van der Waals surface area contributed by atoms with Gasteiger partial charge in [-0.25, -0.2) is 4.79 Å². The van der Waals surface area contributed by atoms with Crippen LogP contribution in [0.2, 0.25) is 0 Å². The normalized spacial score (nSPS) is 18.0. The molecule has 0 saturated carbocycles. The van der Waals surface area contributed by atoms with Crippen molar-refractivity contribution in [3.63, 3.8) is 0 Å². The number of nitrogens with one attached hydrogen (secondary N) is 1. The van der Waals surface area contributed by atoms with Gasteiger partial charge < -0.3 is 24.8 Å². The van der Waals surface area contributed by atoms with Crippen LogP contribution in [0.4, 0.5) is 16.2 Å². The number of para-hydroxylation sites is 1. The third-order valence-corrected chi connectivity index (χ3v) is 7.20. The number of aryl methyl sites for hydroxylation is 1. The van der Waals surface area contributed by atoms with Crippen molar-refractivity contribution in [2.24, 2.45) is 0 Å². The standard InChI is InChI=1S/C27H38N4O2/c1-20(2)29-13-11-22(12-14-29)24-19-23(9-10-26(24)33-4)28-27(32)31-17-15-30(16-18-31)25-8-6-5-7-21(25)3/h5-10,19-20,22H,11-18H2,1-4H3,(H,28,32). The number of rotatable bonds is 5. The lowest BCUT2D eigenvalue weighted by Crippen LogP contribution is -2.50. The molecule has 0 bridgehead atoms. The number of carbonyl (C=O) groups is 1. The number of hydrogen-bond donors (Lipinski definition) is 1. The average Bonchev–Trinajstić information content (AvgIpc) is 2.84. The number of likely N-dealkylation sites (tertiary alicyclic amines) is 1. The predicted molar refractivity (Wildman–Crippen MR) is 136 cm³/mol. The van der Waals surface area contributed by atoms with Crippen LogP contribution >= 0.6 is 0 Å². The van der Waals surface area contributed by atoms with E-state index < -0.39 is 0 Å². The molecule has 2 aliphatic heterocycles. The third-order valence-electron chi connectivity index (χ3n) is 7.20. The van der Waals surface area contributed by atoms with Crippen molar-refractivity contribution in [3.8, 4) is 5.75 Å². The molecule has 2 aliphatic rings. The number of ether oxygens (including phenoxy) is 1. The predicted octanol–water partition coefficient (Wildman–Crippen LogP) is 4.95. The molecule has 2 amide bonds. The van der Waals surface area contributed by atoms with Gasteiger partial charge in [-0.2, -0.15) is 0 Å². The summed E-state index contributed by atoms with van der Waals surface area (Å²) < 4.78 is 5.67. The number of piperidine rings is 1. The van der Waals surface area contributed by atoms with E-state index in [-0.39, 0.29) is 6.03 Å². The zero-order chi connectivity index (χ0) is 23.4. The summed E-state index contributed by atoms with van der Waals surface area (Å²) in [6, 6.07) is 15.1. The van der Waals surface area contributed by atoms with Crippen LogP contribution in [-0.2, 0) is 0 Å². The van der Waals surface area contributed by atoms with Gasteiger partial charge in [0.25, 0.3) is 0 Å². The van der Waals surface area contributed by atoms with E-state index in [2.05, 4.69) is 66.2 Å². The van der Waals surface area contributed by atoms with Crippen LogP contribution in [-0.4, -0.2) is 68.3 Å². The summed E-state index contributed by atoms with van der Waals surface area (Å²) in [5.74, 6) is 1.38. The van der Waals surface area contributed by atoms with Gasteiger partial charge >= 0.3 is 6.03 Å². The molecule has 2 saturated heterocycles. The van der Waals surface area contributed by atoms with Crippen molar-refractivity contribution in [1.82, 2.24) is 9.80 Å². The molecule has 0 unspecified atom stereocenters. The molecule has 1 N–H and O–H groups in total. The summed E-state index contributed by atoms with van der Waals surface area (Å²) in [7, 11) is 1.73. The monoisotopic (exact) mass is 450 g/mol. The summed E-state index contributed by atoms with van der Waals surface area (Å²) in [6.07, 6.45) is 2.24. The van der Waals surface area contributed by atoms with Crippen molar-refractivity contribution >= 4 is 17.4 Å². The van der Waals surface area contributed by atoms with Gasteiger partial charge in [0.05, 0.1) is 7.11 Å². The van der Waals surface area contributed by atoms with Crippen molar-refractivity contribution < 1.29 is 9.53 Å². The van der Waals surface area contributed by atoms with Gasteiger partial charge in [-0.05, 0) is 88.0 Å². The first-order chi connectivity index (χ1) is 16.0. The average molecular weight is 451 g/mol. The highest BCUT2D eigenvalue weighted by Crippen LogP contribution is 2.36. The number of piperazine rings is 1. The van der Waals surface area contributed by atoms with E-state index in [4.69, 9.17) is 4.74 Å². The molecule has 0 atom stereocenters. The minimum atomic E-state index is -0.0230. The number of amides is 2. The number of benzene rings is 2. The van der Waals surface area contributed by atoms with Crippen LogP contribution in [0.3, 0.4) is 0 Å². The number of hydrogen-bond acceptors (Lipinski definition) is 4. The maximum atomic E-state index is 13.0. The molecule has 2 aromatic rings.